The van der Waals surface area contributed by atoms with E-state index in [0.29, 0.717) is 0 Å². The van der Waals surface area contributed by atoms with Gasteiger partial charge in [0.25, 0.3) is 0 Å². The van der Waals surface area contributed by atoms with Gasteiger partial charge in [0.15, 0.2) is 0 Å². The van der Waals surface area contributed by atoms with Crippen LogP contribution in [0, 0.1) is 0 Å². The Morgan fingerprint density at radius 2 is 1.22 bits per heavy atom. The predicted octanol–water partition coefficient (Wildman–Crippen LogP) is 1.03. The number of benzene rings is 2. The molecule has 0 aliphatic heterocycles. The van der Waals surface area contributed by atoms with Crippen LogP contribution in [0.15, 0.2) is 69.3 Å². The molecule has 0 heterocycles. The van der Waals surface area contributed by atoms with Crippen LogP contribution in [0.25, 0.3) is 0 Å². The summed E-state index contributed by atoms with van der Waals surface area (Å²) in [6, 6.07) is 11.2. The van der Waals surface area contributed by atoms with Crippen molar-refractivity contribution in [2.45, 2.75) is 14.7 Å². The van der Waals surface area contributed by atoms with Crippen molar-refractivity contribution in [1.29, 1.82) is 0 Å². The number of sulfone groups is 1. The standard InChI is InChI=1S/C12H10O8S3/c13-21(14,10-5-2-1-3-6-10)11-7-4-8-12(9-11)22(15,16)20-23(17,18)19/h1-9H,(H,17,18,19). The molecule has 0 saturated heterocycles. The van der Waals surface area contributed by atoms with E-state index in [-0.39, 0.29) is 9.79 Å². The van der Waals surface area contributed by atoms with Crippen molar-refractivity contribution in [3.8, 4) is 0 Å². The quantitative estimate of drug-likeness (QED) is 0.763. The zero-order valence-electron chi connectivity index (χ0n) is 11.2. The summed E-state index contributed by atoms with van der Waals surface area (Å²) < 4.78 is 81.4. The molecule has 0 aliphatic rings. The minimum Gasteiger partial charge on any atom is -0.263 e. The van der Waals surface area contributed by atoms with Crippen molar-refractivity contribution in [1.82, 2.24) is 0 Å². The second-order valence-corrected chi connectivity index (χ2v) is 8.97. The van der Waals surface area contributed by atoms with Gasteiger partial charge in [0.05, 0.1) is 14.7 Å². The topological polar surface area (TPSA) is 132 Å². The first-order chi connectivity index (χ1) is 10.5. The van der Waals surface area contributed by atoms with Crippen molar-refractivity contribution in [3.05, 3.63) is 54.6 Å². The van der Waals surface area contributed by atoms with Crippen molar-refractivity contribution in [3.63, 3.8) is 0 Å². The Balaban J connectivity index is 2.54. The molecule has 2 aromatic rings. The van der Waals surface area contributed by atoms with E-state index in [1.807, 2.05) is 0 Å². The van der Waals surface area contributed by atoms with Crippen LogP contribution in [-0.4, -0.2) is 29.8 Å². The average Bonchev–Trinajstić information content (AvgIpc) is 2.46. The second-order valence-electron chi connectivity index (χ2n) is 4.24. The highest BCUT2D eigenvalue weighted by atomic mass is 32.3. The molecule has 124 valence electrons. The van der Waals surface area contributed by atoms with Crippen LogP contribution in [0.2, 0.25) is 0 Å². The molecule has 2 rings (SSSR count). The molecule has 8 nitrogen and oxygen atoms in total. The molecule has 0 unspecified atom stereocenters. The van der Waals surface area contributed by atoms with Crippen molar-refractivity contribution >= 4 is 30.4 Å². The largest absolute Gasteiger partial charge is 0.412 e. The normalized spacial score (nSPS) is 12.9. The second kappa shape index (κ2) is 6.02. The van der Waals surface area contributed by atoms with Crippen LogP contribution in [0.5, 0.6) is 0 Å². The zero-order valence-corrected chi connectivity index (χ0v) is 13.7. The van der Waals surface area contributed by atoms with E-state index in [1.54, 1.807) is 6.07 Å². The Bertz CT molecular complexity index is 1020. The SMILES string of the molecule is O=S(=O)(O)OS(=O)(=O)c1cccc(S(=O)(=O)c2ccccc2)c1. The first-order valence-electron chi connectivity index (χ1n) is 5.86. The number of hydrogen-bond donors (Lipinski definition) is 1. The molecule has 0 atom stereocenters. The lowest BCUT2D eigenvalue weighted by Crippen LogP contribution is -2.13. The van der Waals surface area contributed by atoms with Crippen LogP contribution >= 0.6 is 0 Å². The molecule has 23 heavy (non-hydrogen) atoms. The van der Waals surface area contributed by atoms with Crippen molar-refractivity contribution in [2.24, 2.45) is 0 Å². The van der Waals surface area contributed by atoms with Crippen LogP contribution in [-0.2, 0) is 34.0 Å². The zero-order chi connectivity index (χ0) is 17.3. The maximum atomic E-state index is 12.4. The monoisotopic (exact) mass is 378 g/mol. The van der Waals surface area contributed by atoms with Crippen LogP contribution < -0.4 is 0 Å². The van der Waals surface area contributed by atoms with Gasteiger partial charge in [0.2, 0.25) is 9.84 Å². The van der Waals surface area contributed by atoms with Gasteiger partial charge in [-0.2, -0.15) is 16.8 Å². The van der Waals surface area contributed by atoms with E-state index in [4.69, 9.17) is 4.55 Å². The third-order valence-electron chi connectivity index (χ3n) is 2.63. The lowest BCUT2D eigenvalue weighted by molar-refractivity contribution is 0.383. The van der Waals surface area contributed by atoms with E-state index in [9.17, 15) is 25.3 Å². The third-order valence-corrected chi connectivity index (χ3v) is 6.64. The van der Waals surface area contributed by atoms with Gasteiger partial charge in [-0.1, -0.05) is 24.3 Å². The lowest BCUT2D eigenvalue weighted by Gasteiger charge is -2.07. The van der Waals surface area contributed by atoms with E-state index >= 15 is 0 Å². The van der Waals surface area contributed by atoms with Crippen LogP contribution in [0.3, 0.4) is 0 Å². The molecule has 11 heteroatoms. The van der Waals surface area contributed by atoms with Gasteiger partial charge >= 0.3 is 20.5 Å². The van der Waals surface area contributed by atoms with Gasteiger partial charge < -0.3 is 0 Å². The highest BCUT2D eigenvalue weighted by Gasteiger charge is 2.25. The van der Waals surface area contributed by atoms with Gasteiger partial charge in [-0.15, -0.1) is 3.63 Å². The van der Waals surface area contributed by atoms with Crippen molar-refractivity contribution < 1.29 is 33.4 Å². The minimum absolute atomic E-state index is 0.0646. The minimum atomic E-state index is -5.27. The lowest BCUT2D eigenvalue weighted by atomic mass is 10.4. The van der Waals surface area contributed by atoms with Gasteiger partial charge in [-0.25, -0.2) is 8.42 Å². The van der Waals surface area contributed by atoms with Crippen LogP contribution in [0.4, 0.5) is 0 Å². The van der Waals surface area contributed by atoms with Gasteiger partial charge in [0.1, 0.15) is 0 Å². The van der Waals surface area contributed by atoms with Gasteiger partial charge in [-0.05, 0) is 30.3 Å². The molecule has 0 aromatic heterocycles. The highest BCUT2D eigenvalue weighted by Crippen LogP contribution is 2.24. The van der Waals surface area contributed by atoms with E-state index in [0.717, 1.165) is 24.3 Å². The molecule has 0 fully saturated rings. The first kappa shape index (κ1) is 17.6. The Hall–Kier alpha value is -1.79. The maximum absolute atomic E-state index is 12.4. The van der Waals surface area contributed by atoms with E-state index < -0.39 is 35.2 Å². The van der Waals surface area contributed by atoms with E-state index in [2.05, 4.69) is 3.63 Å². The van der Waals surface area contributed by atoms with Crippen molar-refractivity contribution in [2.75, 3.05) is 0 Å². The van der Waals surface area contributed by atoms with E-state index in [1.165, 1.54) is 24.3 Å². The summed E-state index contributed by atoms with van der Waals surface area (Å²) in [5, 5.41) is 0. The molecule has 0 bridgehead atoms. The first-order valence-corrected chi connectivity index (χ1v) is 10.1. The smallest absolute Gasteiger partial charge is 0.263 e. The molecule has 0 amide bonds. The Morgan fingerprint density at radius 3 is 1.78 bits per heavy atom. The molecule has 2 aromatic carbocycles. The Kier molecular flexibility index (Phi) is 4.59. The molecular weight excluding hydrogens is 368 g/mol. The molecular formula is C12H10O8S3. The number of hydrogen-bond acceptors (Lipinski definition) is 7. The van der Waals surface area contributed by atoms with Crippen LogP contribution in [0.1, 0.15) is 0 Å². The number of rotatable bonds is 5. The average molecular weight is 378 g/mol. The Morgan fingerprint density at radius 1 is 0.696 bits per heavy atom. The fourth-order valence-corrected chi connectivity index (χ4v) is 4.82. The van der Waals surface area contributed by atoms with Gasteiger partial charge in [-0.3, -0.25) is 4.55 Å². The van der Waals surface area contributed by atoms with Gasteiger partial charge in [0, 0.05) is 0 Å². The molecule has 0 aliphatic carbocycles. The summed E-state index contributed by atoms with van der Waals surface area (Å²) in [5.74, 6) is 0. The maximum Gasteiger partial charge on any atom is 0.412 e. The molecule has 0 radical (unpaired) electrons. The predicted molar refractivity (Wildman–Crippen MR) is 78.2 cm³/mol. The molecule has 0 saturated carbocycles. The summed E-state index contributed by atoms with van der Waals surface area (Å²) >= 11 is 0. The Labute approximate surface area is 133 Å². The summed E-state index contributed by atoms with van der Waals surface area (Å²) in [6.07, 6.45) is 0. The summed E-state index contributed by atoms with van der Waals surface area (Å²) in [7, 11) is -14.2. The fraction of sp³-hybridized carbons (Fsp3) is 0. The molecule has 1 N–H and O–H groups in total. The highest BCUT2D eigenvalue weighted by molar-refractivity contribution is 7.97. The fourth-order valence-electron chi connectivity index (χ4n) is 1.69. The third kappa shape index (κ3) is 4.14. The summed E-state index contributed by atoms with van der Waals surface area (Å²) in [4.78, 5) is -1.17. The summed E-state index contributed by atoms with van der Waals surface area (Å²) in [5.41, 5.74) is 0. The molecule has 0 spiro atoms. The summed E-state index contributed by atoms with van der Waals surface area (Å²) in [6.45, 7) is 0.